The molecule has 1 atom stereocenters. The number of Topliss-reactive ketones (excluding diaryl/α,β-unsaturated/α-hetero) is 1. The summed E-state index contributed by atoms with van der Waals surface area (Å²) in [6, 6.07) is 6.11. The first kappa shape index (κ1) is 16.5. The van der Waals surface area contributed by atoms with Crippen LogP contribution in [-0.2, 0) is 0 Å². The van der Waals surface area contributed by atoms with Gasteiger partial charge in [0.1, 0.15) is 0 Å². The molecule has 1 unspecified atom stereocenters. The predicted molar refractivity (Wildman–Crippen MR) is 93.2 cm³/mol. The fraction of sp³-hybridized carbons (Fsp3) is 0.611. The second-order valence-corrected chi connectivity index (χ2v) is 8.06. The highest BCUT2D eigenvalue weighted by Crippen LogP contribution is 2.35. The van der Waals surface area contributed by atoms with Crippen LogP contribution in [0.4, 0.5) is 5.69 Å². The van der Waals surface area contributed by atoms with E-state index in [-0.39, 0.29) is 5.78 Å². The van der Waals surface area contributed by atoms with Crippen LogP contribution in [0.1, 0.15) is 57.3 Å². The lowest BCUT2D eigenvalue weighted by atomic mass is 9.77. The molecular formula is C18H26BrNO. The van der Waals surface area contributed by atoms with Crippen molar-refractivity contribution in [2.45, 2.75) is 47.0 Å². The second-order valence-electron chi connectivity index (χ2n) is 7.20. The van der Waals surface area contributed by atoms with Crippen LogP contribution >= 0.6 is 15.9 Å². The molecule has 1 saturated heterocycles. The van der Waals surface area contributed by atoms with E-state index < -0.39 is 0 Å². The lowest BCUT2D eigenvalue weighted by molar-refractivity contribution is 0.101. The van der Waals surface area contributed by atoms with Gasteiger partial charge in [0, 0.05) is 28.8 Å². The summed E-state index contributed by atoms with van der Waals surface area (Å²) in [6.07, 6.45) is 3.80. The lowest BCUT2D eigenvalue weighted by Crippen LogP contribution is -2.26. The van der Waals surface area contributed by atoms with Crippen LogP contribution in [0.5, 0.6) is 0 Å². The molecular weight excluding hydrogens is 326 g/mol. The number of anilines is 1. The summed E-state index contributed by atoms with van der Waals surface area (Å²) in [5.41, 5.74) is 2.39. The number of nitrogens with zero attached hydrogens (tertiary/aromatic N) is 1. The zero-order valence-corrected chi connectivity index (χ0v) is 15.2. The monoisotopic (exact) mass is 351 g/mol. The van der Waals surface area contributed by atoms with Crippen LogP contribution in [0.3, 0.4) is 0 Å². The molecule has 0 radical (unpaired) electrons. The number of benzene rings is 1. The van der Waals surface area contributed by atoms with E-state index in [0.29, 0.717) is 5.41 Å². The zero-order valence-electron chi connectivity index (χ0n) is 13.6. The highest BCUT2D eigenvalue weighted by Gasteiger charge is 2.27. The second kappa shape index (κ2) is 6.51. The van der Waals surface area contributed by atoms with Crippen molar-refractivity contribution in [3.05, 3.63) is 28.2 Å². The summed E-state index contributed by atoms with van der Waals surface area (Å²) in [5.74, 6) is 0.902. The number of halogens is 1. The molecule has 0 saturated carbocycles. The predicted octanol–water partition coefficient (Wildman–Crippen LogP) is 5.30. The molecule has 1 aliphatic heterocycles. The van der Waals surface area contributed by atoms with Crippen LogP contribution in [0.15, 0.2) is 22.7 Å². The van der Waals surface area contributed by atoms with Crippen molar-refractivity contribution in [1.82, 2.24) is 0 Å². The summed E-state index contributed by atoms with van der Waals surface area (Å²) >= 11 is 3.53. The van der Waals surface area contributed by atoms with Gasteiger partial charge in [-0.05, 0) is 71.6 Å². The highest BCUT2D eigenvalue weighted by atomic mass is 79.9. The van der Waals surface area contributed by atoms with Crippen molar-refractivity contribution >= 4 is 27.4 Å². The summed E-state index contributed by atoms with van der Waals surface area (Å²) in [4.78, 5) is 14.0. The Bertz CT molecular complexity index is 518. The van der Waals surface area contributed by atoms with Crippen LogP contribution < -0.4 is 4.90 Å². The standard InChI is InChI=1S/C18H26BrNO/c1-13(21)16-8-7-15(12-17(16)19)20-10-5-6-14(9-11-20)18(2,3)4/h7-8,12,14H,5-6,9-11H2,1-4H3. The average molecular weight is 352 g/mol. The van der Waals surface area contributed by atoms with Gasteiger partial charge >= 0.3 is 0 Å². The van der Waals surface area contributed by atoms with E-state index in [1.165, 1.54) is 24.9 Å². The highest BCUT2D eigenvalue weighted by molar-refractivity contribution is 9.10. The molecule has 0 amide bonds. The summed E-state index contributed by atoms with van der Waals surface area (Å²) in [6.45, 7) is 10.9. The van der Waals surface area contributed by atoms with Crippen LogP contribution in [0, 0.1) is 11.3 Å². The van der Waals surface area contributed by atoms with Gasteiger partial charge in [-0.3, -0.25) is 4.79 Å². The molecule has 2 nitrogen and oxygen atoms in total. The number of ketones is 1. The van der Waals surface area contributed by atoms with Gasteiger partial charge in [0.2, 0.25) is 0 Å². The largest absolute Gasteiger partial charge is 0.371 e. The molecule has 3 heteroatoms. The van der Waals surface area contributed by atoms with E-state index in [2.05, 4.69) is 53.7 Å². The maximum absolute atomic E-state index is 11.5. The van der Waals surface area contributed by atoms with Gasteiger partial charge in [-0.2, -0.15) is 0 Å². The number of rotatable bonds is 2. The first-order valence-corrected chi connectivity index (χ1v) is 8.64. The number of carbonyl (C=O) groups is 1. The van der Waals surface area contributed by atoms with E-state index in [4.69, 9.17) is 0 Å². The molecule has 116 valence electrons. The molecule has 1 aromatic rings. The van der Waals surface area contributed by atoms with Crippen molar-refractivity contribution in [1.29, 1.82) is 0 Å². The minimum atomic E-state index is 0.108. The van der Waals surface area contributed by atoms with Gasteiger partial charge in [-0.25, -0.2) is 0 Å². The first-order valence-electron chi connectivity index (χ1n) is 7.84. The fourth-order valence-corrected chi connectivity index (χ4v) is 3.85. The Labute approximate surface area is 137 Å². The zero-order chi connectivity index (χ0) is 15.6. The smallest absolute Gasteiger partial charge is 0.160 e. The molecule has 1 aromatic carbocycles. The molecule has 0 N–H and O–H groups in total. The average Bonchev–Trinajstić information content (AvgIpc) is 2.63. The lowest BCUT2D eigenvalue weighted by Gasteiger charge is -2.30. The van der Waals surface area contributed by atoms with Crippen LogP contribution in [-0.4, -0.2) is 18.9 Å². The molecule has 0 bridgehead atoms. The SMILES string of the molecule is CC(=O)c1ccc(N2CCCC(C(C)(C)C)CC2)cc1Br. The van der Waals surface area contributed by atoms with Crippen molar-refractivity contribution in [3.8, 4) is 0 Å². The summed E-state index contributed by atoms with van der Waals surface area (Å²) < 4.78 is 0.907. The van der Waals surface area contributed by atoms with Crippen molar-refractivity contribution in [2.75, 3.05) is 18.0 Å². The summed E-state index contributed by atoms with van der Waals surface area (Å²) in [5, 5.41) is 0. The van der Waals surface area contributed by atoms with Crippen LogP contribution in [0.2, 0.25) is 0 Å². The first-order chi connectivity index (χ1) is 9.79. The van der Waals surface area contributed by atoms with E-state index in [0.717, 1.165) is 29.0 Å². The molecule has 0 aromatic heterocycles. The Morgan fingerprint density at radius 2 is 1.95 bits per heavy atom. The van der Waals surface area contributed by atoms with E-state index in [1.54, 1.807) is 6.92 Å². The van der Waals surface area contributed by atoms with E-state index in [1.807, 2.05) is 6.07 Å². The normalized spacial score (nSPS) is 20.2. The molecule has 1 fully saturated rings. The molecule has 0 aliphatic carbocycles. The Balaban J connectivity index is 2.13. The Morgan fingerprint density at radius 1 is 1.24 bits per heavy atom. The van der Waals surface area contributed by atoms with Gasteiger partial charge in [0.25, 0.3) is 0 Å². The van der Waals surface area contributed by atoms with Gasteiger partial charge < -0.3 is 4.90 Å². The topological polar surface area (TPSA) is 20.3 Å². The Morgan fingerprint density at radius 3 is 2.52 bits per heavy atom. The minimum Gasteiger partial charge on any atom is -0.371 e. The van der Waals surface area contributed by atoms with Gasteiger partial charge in [0.15, 0.2) is 5.78 Å². The Kier molecular flexibility index (Phi) is 5.13. The molecule has 0 spiro atoms. The maximum atomic E-state index is 11.5. The van der Waals surface area contributed by atoms with Crippen molar-refractivity contribution in [3.63, 3.8) is 0 Å². The van der Waals surface area contributed by atoms with Crippen LogP contribution in [0.25, 0.3) is 0 Å². The minimum absolute atomic E-state index is 0.108. The maximum Gasteiger partial charge on any atom is 0.160 e. The van der Waals surface area contributed by atoms with Gasteiger partial charge in [-0.1, -0.05) is 20.8 Å². The molecule has 21 heavy (non-hydrogen) atoms. The van der Waals surface area contributed by atoms with Crippen molar-refractivity contribution < 1.29 is 4.79 Å². The third-order valence-corrected chi connectivity index (χ3v) is 5.31. The summed E-state index contributed by atoms with van der Waals surface area (Å²) in [7, 11) is 0. The number of hydrogen-bond donors (Lipinski definition) is 0. The molecule has 2 rings (SSSR count). The molecule has 1 aliphatic rings. The van der Waals surface area contributed by atoms with E-state index >= 15 is 0 Å². The quantitative estimate of drug-likeness (QED) is 0.673. The number of hydrogen-bond acceptors (Lipinski definition) is 2. The number of carbonyl (C=O) groups excluding carboxylic acids is 1. The Hall–Kier alpha value is -0.830. The van der Waals surface area contributed by atoms with Gasteiger partial charge in [0.05, 0.1) is 0 Å². The third-order valence-electron chi connectivity index (χ3n) is 4.65. The molecule has 1 heterocycles. The van der Waals surface area contributed by atoms with Crippen molar-refractivity contribution in [2.24, 2.45) is 11.3 Å². The third kappa shape index (κ3) is 4.09. The fourth-order valence-electron chi connectivity index (χ4n) is 3.21. The van der Waals surface area contributed by atoms with Gasteiger partial charge in [-0.15, -0.1) is 0 Å². The van der Waals surface area contributed by atoms with E-state index in [9.17, 15) is 4.79 Å².